The van der Waals surface area contributed by atoms with Crippen molar-refractivity contribution in [3.63, 3.8) is 0 Å². The second kappa shape index (κ2) is 4.60. The number of hydrogen-bond donors (Lipinski definition) is 1. The maximum atomic E-state index is 12.7. The van der Waals surface area contributed by atoms with Gasteiger partial charge in [0, 0.05) is 18.5 Å². The van der Waals surface area contributed by atoms with E-state index < -0.39 is 5.60 Å². The third-order valence-corrected chi connectivity index (χ3v) is 4.65. The van der Waals surface area contributed by atoms with Crippen LogP contribution in [0.25, 0.3) is 0 Å². The molecule has 1 heterocycles. The molecule has 1 atom stereocenters. The van der Waals surface area contributed by atoms with Crippen LogP contribution in [0.1, 0.15) is 58.8 Å². The van der Waals surface area contributed by atoms with Gasteiger partial charge in [0.15, 0.2) is 0 Å². The fourth-order valence-corrected chi connectivity index (χ4v) is 3.50. The summed E-state index contributed by atoms with van der Waals surface area (Å²) in [5, 5.41) is 10.1. The van der Waals surface area contributed by atoms with Gasteiger partial charge in [0.25, 0.3) is 0 Å². The lowest BCUT2D eigenvalue weighted by molar-refractivity contribution is -0.148. The van der Waals surface area contributed by atoms with Crippen LogP contribution < -0.4 is 0 Å². The van der Waals surface area contributed by atoms with Gasteiger partial charge in [-0.15, -0.1) is 0 Å². The zero-order chi connectivity index (χ0) is 12.5. The van der Waals surface area contributed by atoms with E-state index in [1.165, 1.54) is 12.8 Å². The summed E-state index contributed by atoms with van der Waals surface area (Å²) in [6.07, 6.45) is 7.15. The van der Waals surface area contributed by atoms with Gasteiger partial charge in [-0.05, 0) is 39.0 Å². The van der Waals surface area contributed by atoms with Gasteiger partial charge in [-0.2, -0.15) is 0 Å². The first-order valence-corrected chi connectivity index (χ1v) is 7.01. The summed E-state index contributed by atoms with van der Waals surface area (Å²) in [7, 11) is 0. The Bertz CT molecular complexity index is 293. The second-order valence-electron chi connectivity index (χ2n) is 6.17. The highest BCUT2D eigenvalue weighted by Crippen LogP contribution is 2.43. The summed E-state index contributed by atoms with van der Waals surface area (Å²) in [5.74, 6) is 0.303. The van der Waals surface area contributed by atoms with E-state index in [4.69, 9.17) is 0 Å². The van der Waals surface area contributed by atoms with Crippen molar-refractivity contribution >= 4 is 5.91 Å². The molecule has 1 aliphatic carbocycles. The van der Waals surface area contributed by atoms with Crippen LogP contribution >= 0.6 is 0 Å². The number of nitrogens with zero attached hydrogens (tertiary/aromatic N) is 1. The predicted octanol–water partition coefficient (Wildman–Crippen LogP) is 2.33. The zero-order valence-electron chi connectivity index (χ0n) is 11.2. The highest BCUT2D eigenvalue weighted by molar-refractivity contribution is 5.83. The van der Waals surface area contributed by atoms with Crippen LogP contribution in [0, 0.1) is 5.41 Å². The molecule has 3 heteroatoms. The Hall–Kier alpha value is -0.570. The number of carbonyl (C=O) groups is 1. The Morgan fingerprint density at radius 2 is 1.88 bits per heavy atom. The fraction of sp³-hybridized carbons (Fsp3) is 0.929. The molecule has 0 aromatic heterocycles. The van der Waals surface area contributed by atoms with E-state index in [9.17, 15) is 9.90 Å². The van der Waals surface area contributed by atoms with Crippen LogP contribution in [0.4, 0.5) is 0 Å². The average Bonchev–Trinajstić information content (AvgIpc) is 2.76. The standard InChI is InChI=1S/C14H25NO2/c1-3-14(8-4-5-9-14)12(16)15-10-6-7-13(2,17)11-15/h17H,3-11H2,1-2H3. The van der Waals surface area contributed by atoms with Crippen LogP contribution in [0.15, 0.2) is 0 Å². The monoisotopic (exact) mass is 239 g/mol. The maximum absolute atomic E-state index is 12.7. The van der Waals surface area contributed by atoms with Crippen LogP contribution in [0.2, 0.25) is 0 Å². The second-order valence-corrected chi connectivity index (χ2v) is 6.17. The lowest BCUT2D eigenvalue weighted by Gasteiger charge is -2.41. The van der Waals surface area contributed by atoms with E-state index in [2.05, 4.69) is 6.92 Å². The molecule has 2 aliphatic rings. The van der Waals surface area contributed by atoms with E-state index in [0.29, 0.717) is 12.5 Å². The fourth-order valence-electron chi connectivity index (χ4n) is 3.50. The summed E-state index contributed by atoms with van der Waals surface area (Å²) in [5.41, 5.74) is -0.783. The third-order valence-electron chi connectivity index (χ3n) is 4.65. The van der Waals surface area contributed by atoms with Crippen molar-refractivity contribution in [3.8, 4) is 0 Å². The van der Waals surface area contributed by atoms with Crippen LogP contribution in [0.3, 0.4) is 0 Å². The van der Waals surface area contributed by atoms with Gasteiger partial charge in [0.2, 0.25) is 5.91 Å². The molecule has 2 fully saturated rings. The Labute approximate surface area is 104 Å². The van der Waals surface area contributed by atoms with Gasteiger partial charge < -0.3 is 10.0 Å². The number of likely N-dealkylation sites (tertiary alicyclic amines) is 1. The van der Waals surface area contributed by atoms with Crippen molar-refractivity contribution in [2.24, 2.45) is 5.41 Å². The third kappa shape index (κ3) is 2.49. The van der Waals surface area contributed by atoms with Crippen molar-refractivity contribution in [2.45, 2.75) is 64.4 Å². The number of amides is 1. The van der Waals surface area contributed by atoms with Crippen molar-refractivity contribution in [1.82, 2.24) is 4.90 Å². The molecular formula is C14H25NO2. The smallest absolute Gasteiger partial charge is 0.228 e. The number of carbonyl (C=O) groups excluding carboxylic acids is 1. The SMILES string of the molecule is CCC1(C(=O)N2CCCC(C)(O)C2)CCCC1. The molecule has 2 rings (SSSR count). The molecule has 1 saturated carbocycles. The van der Waals surface area contributed by atoms with E-state index in [0.717, 1.165) is 38.6 Å². The minimum Gasteiger partial charge on any atom is -0.388 e. The maximum Gasteiger partial charge on any atom is 0.228 e. The summed E-state index contributed by atoms with van der Waals surface area (Å²) in [6, 6.07) is 0. The molecule has 0 radical (unpaired) electrons. The molecular weight excluding hydrogens is 214 g/mol. The van der Waals surface area contributed by atoms with Crippen LogP contribution in [-0.2, 0) is 4.79 Å². The normalized spacial score (nSPS) is 32.8. The van der Waals surface area contributed by atoms with E-state index in [1.807, 2.05) is 11.8 Å². The number of β-amino-alcohol motifs (C(OH)–C–C–N with tert-alkyl or cyclic N) is 1. The quantitative estimate of drug-likeness (QED) is 0.803. The molecule has 1 unspecified atom stereocenters. The number of piperidine rings is 1. The lowest BCUT2D eigenvalue weighted by Crippen LogP contribution is -2.52. The summed E-state index contributed by atoms with van der Waals surface area (Å²) in [6.45, 7) is 5.33. The number of hydrogen-bond acceptors (Lipinski definition) is 2. The minimum absolute atomic E-state index is 0.104. The number of aliphatic hydroxyl groups is 1. The Morgan fingerprint density at radius 1 is 1.24 bits per heavy atom. The van der Waals surface area contributed by atoms with Gasteiger partial charge >= 0.3 is 0 Å². The lowest BCUT2D eigenvalue weighted by atomic mass is 9.80. The summed E-state index contributed by atoms with van der Waals surface area (Å²) >= 11 is 0. The zero-order valence-corrected chi connectivity index (χ0v) is 11.2. The van der Waals surface area contributed by atoms with Crippen molar-refractivity contribution in [2.75, 3.05) is 13.1 Å². The van der Waals surface area contributed by atoms with Crippen molar-refractivity contribution in [3.05, 3.63) is 0 Å². The molecule has 98 valence electrons. The first-order valence-electron chi connectivity index (χ1n) is 7.01. The summed E-state index contributed by atoms with van der Waals surface area (Å²) < 4.78 is 0. The molecule has 1 saturated heterocycles. The molecule has 0 bridgehead atoms. The molecule has 1 aliphatic heterocycles. The molecule has 0 aromatic rings. The van der Waals surface area contributed by atoms with Gasteiger partial charge in [-0.3, -0.25) is 4.79 Å². The molecule has 1 N–H and O–H groups in total. The first-order chi connectivity index (χ1) is 7.99. The van der Waals surface area contributed by atoms with Crippen LogP contribution in [-0.4, -0.2) is 34.6 Å². The number of rotatable bonds is 2. The topological polar surface area (TPSA) is 40.5 Å². The molecule has 17 heavy (non-hydrogen) atoms. The van der Waals surface area contributed by atoms with Crippen molar-refractivity contribution in [1.29, 1.82) is 0 Å². The van der Waals surface area contributed by atoms with Gasteiger partial charge in [0.05, 0.1) is 5.60 Å². The molecule has 0 spiro atoms. The highest BCUT2D eigenvalue weighted by atomic mass is 16.3. The largest absolute Gasteiger partial charge is 0.388 e. The van der Waals surface area contributed by atoms with E-state index >= 15 is 0 Å². The Balaban J connectivity index is 2.08. The van der Waals surface area contributed by atoms with E-state index in [1.54, 1.807) is 0 Å². The summed E-state index contributed by atoms with van der Waals surface area (Å²) in [4.78, 5) is 14.6. The molecule has 1 amide bonds. The first kappa shape index (κ1) is 12.9. The van der Waals surface area contributed by atoms with Crippen molar-refractivity contribution < 1.29 is 9.90 Å². The van der Waals surface area contributed by atoms with E-state index in [-0.39, 0.29) is 5.41 Å². The average molecular weight is 239 g/mol. The van der Waals surface area contributed by atoms with Gasteiger partial charge in [-0.1, -0.05) is 19.8 Å². The molecule has 3 nitrogen and oxygen atoms in total. The van der Waals surface area contributed by atoms with Gasteiger partial charge in [-0.25, -0.2) is 0 Å². The van der Waals surface area contributed by atoms with Crippen LogP contribution in [0.5, 0.6) is 0 Å². The molecule has 0 aromatic carbocycles. The Kier molecular flexibility index (Phi) is 3.48. The highest BCUT2D eigenvalue weighted by Gasteiger charge is 2.43. The Morgan fingerprint density at radius 3 is 2.41 bits per heavy atom. The minimum atomic E-state index is -0.679. The van der Waals surface area contributed by atoms with Gasteiger partial charge in [0.1, 0.15) is 0 Å². The predicted molar refractivity (Wildman–Crippen MR) is 67.6 cm³/mol.